The number of ether oxygens (including phenoxy) is 1. The Morgan fingerprint density at radius 1 is 1.60 bits per heavy atom. The van der Waals surface area contributed by atoms with Crippen molar-refractivity contribution >= 4 is 0 Å². The molecule has 0 amide bonds. The molecule has 0 saturated carbocycles. The lowest BCUT2D eigenvalue weighted by Crippen LogP contribution is -2.62. The molecule has 1 aliphatic heterocycles. The van der Waals surface area contributed by atoms with E-state index in [0.717, 1.165) is 0 Å². The van der Waals surface area contributed by atoms with Crippen molar-refractivity contribution < 1.29 is 18.6 Å². The molecule has 0 aromatic carbocycles. The van der Waals surface area contributed by atoms with Gasteiger partial charge in [0.1, 0.15) is 5.60 Å². The molecule has 0 unspecified atom stereocenters. The molecule has 1 aliphatic rings. The largest absolute Gasteiger partial charge is 0.385 e. The van der Waals surface area contributed by atoms with Crippen LogP contribution in [0.15, 0.2) is 0 Å². The quantitative estimate of drug-likeness (QED) is 0.577. The van der Waals surface area contributed by atoms with Gasteiger partial charge in [-0.3, -0.25) is 0 Å². The predicted octanol–water partition coefficient (Wildman–Crippen LogP) is -0.440. The van der Waals surface area contributed by atoms with Crippen LogP contribution in [0.25, 0.3) is 0 Å². The van der Waals surface area contributed by atoms with E-state index >= 15 is 0 Å². The van der Waals surface area contributed by atoms with Crippen LogP contribution in [0.4, 0.5) is 8.78 Å². The van der Waals surface area contributed by atoms with Crippen LogP contribution in [-0.4, -0.2) is 37.0 Å². The first-order valence-electron chi connectivity index (χ1n) is 2.95. The van der Waals surface area contributed by atoms with Crippen LogP contribution < -0.4 is 5.32 Å². The number of rotatable bonds is 3. The summed E-state index contributed by atoms with van der Waals surface area (Å²) in [6.07, 6.45) is 0. The minimum absolute atomic E-state index is 0.294. The average molecular weight is 153 g/mol. The van der Waals surface area contributed by atoms with Gasteiger partial charge in [0.25, 0.3) is 0 Å². The van der Waals surface area contributed by atoms with Gasteiger partial charge in [0.05, 0.1) is 6.61 Å². The molecule has 0 spiro atoms. The van der Waals surface area contributed by atoms with E-state index in [9.17, 15) is 8.78 Å². The first-order valence-corrected chi connectivity index (χ1v) is 2.95. The zero-order valence-corrected chi connectivity index (χ0v) is 5.31. The molecule has 0 aromatic rings. The van der Waals surface area contributed by atoms with Gasteiger partial charge in [-0.25, -0.2) is 0 Å². The van der Waals surface area contributed by atoms with Crippen LogP contribution in [0.3, 0.4) is 0 Å². The highest BCUT2D eigenvalue weighted by atomic mass is 19.3. The van der Waals surface area contributed by atoms with Crippen molar-refractivity contribution in [1.82, 2.24) is 5.32 Å². The third-order valence-corrected chi connectivity index (χ3v) is 1.39. The molecule has 1 saturated heterocycles. The van der Waals surface area contributed by atoms with Gasteiger partial charge in [-0.2, -0.15) is 8.78 Å². The number of nitrogens with one attached hydrogen (secondary N) is 1. The number of β-amino-alcohol motifs (C(OH)–C–C–N with tert-alkyl or cyclic N) is 1. The van der Waals surface area contributed by atoms with Gasteiger partial charge in [-0.15, -0.1) is 0 Å². The van der Waals surface area contributed by atoms with E-state index in [2.05, 4.69) is 10.1 Å². The highest BCUT2D eigenvalue weighted by Gasteiger charge is 2.35. The zero-order valence-electron chi connectivity index (χ0n) is 5.31. The summed E-state index contributed by atoms with van der Waals surface area (Å²) in [6, 6.07) is 0. The maximum Gasteiger partial charge on any atom is 0.345 e. The molecule has 1 heterocycles. The molecular weight excluding hydrogens is 144 g/mol. The fourth-order valence-corrected chi connectivity index (χ4v) is 0.734. The summed E-state index contributed by atoms with van der Waals surface area (Å²) < 4.78 is 26.7. The average Bonchev–Trinajstić information content (AvgIpc) is 1.79. The zero-order chi connectivity index (χ0) is 7.61. The van der Waals surface area contributed by atoms with E-state index in [1.807, 2.05) is 0 Å². The van der Waals surface area contributed by atoms with Crippen molar-refractivity contribution in [3.05, 3.63) is 0 Å². The smallest absolute Gasteiger partial charge is 0.345 e. The van der Waals surface area contributed by atoms with E-state index in [1.54, 1.807) is 0 Å². The molecule has 10 heavy (non-hydrogen) atoms. The lowest BCUT2D eigenvalue weighted by atomic mass is 9.99. The lowest BCUT2D eigenvalue weighted by molar-refractivity contribution is -0.179. The first-order chi connectivity index (χ1) is 4.62. The number of aliphatic hydroxyl groups is 1. The van der Waals surface area contributed by atoms with E-state index in [-0.39, 0.29) is 6.61 Å². The third kappa shape index (κ3) is 1.86. The third-order valence-electron chi connectivity index (χ3n) is 1.39. The van der Waals surface area contributed by atoms with Crippen LogP contribution in [0.1, 0.15) is 0 Å². The van der Waals surface area contributed by atoms with Crippen molar-refractivity contribution in [3.8, 4) is 0 Å². The number of halogens is 2. The van der Waals surface area contributed by atoms with Gasteiger partial charge in [0.2, 0.25) is 0 Å². The molecule has 0 atom stereocenters. The molecule has 1 rings (SSSR count). The summed E-state index contributed by atoms with van der Waals surface area (Å²) in [6.45, 7) is -2.42. The summed E-state index contributed by atoms with van der Waals surface area (Å²) in [7, 11) is 0. The van der Waals surface area contributed by atoms with E-state index in [4.69, 9.17) is 5.11 Å². The van der Waals surface area contributed by atoms with Crippen LogP contribution in [-0.2, 0) is 4.74 Å². The van der Waals surface area contributed by atoms with Crippen molar-refractivity contribution in [2.75, 3.05) is 19.7 Å². The van der Waals surface area contributed by atoms with Gasteiger partial charge < -0.3 is 15.2 Å². The van der Waals surface area contributed by atoms with Gasteiger partial charge in [-0.05, 0) is 0 Å². The lowest BCUT2D eigenvalue weighted by Gasteiger charge is -2.36. The Morgan fingerprint density at radius 2 is 2.20 bits per heavy atom. The summed E-state index contributed by atoms with van der Waals surface area (Å²) in [5.74, 6) is 0. The minimum Gasteiger partial charge on any atom is -0.385 e. The van der Waals surface area contributed by atoms with Crippen LogP contribution >= 0.6 is 0 Å². The molecule has 0 aromatic heterocycles. The minimum atomic E-state index is -2.79. The van der Waals surface area contributed by atoms with Crippen molar-refractivity contribution in [3.63, 3.8) is 0 Å². The molecule has 2 N–H and O–H groups in total. The number of hydrogen-bond acceptors (Lipinski definition) is 3. The fourth-order valence-electron chi connectivity index (χ4n) is 0.734. The topological polar surface area (TPSA) is 41.5 Å². The van der Waals surface area contributed by atoms with Crippen LogP contribution in [0.2, 0.25) is 0 Å². The van der Waals surface area contributed by atoms with Crippen molar-refractivity contribution in [2.24, 2.45) is 0 Å². The molecule has 0 bridgehead atoms. The van der Waals surface area contributed by atoms with Crippen LogP contribution in [0, 0.1) is 0 Å². The SMILES string of the molecule is OC1(COC(F)F)CNC1. The number of alkyl halides is 2. The predicted molar refractivity (Wildman–Crippen MR) is 29.8 cm³/mol. The van der Waals surface area contributed by atoms with Gasteiger partial charge >= 0.3 is 6.61 Å². The standard InChI is InChI=1S/C5H9F2NO2/c6-4(7)10-3-5(9)1-8-2-5/h4,8-9H,1-3H2. The van der Waals surface area contributed by atoms with Crippen molar-refractivity contribution in [1.29, 1.82) is 0 Å². The maximum atomic E-state index is 11.4. The molecule has 0 aliphatic carbocycles. The molecule has 5 heteroatoms. The normalized spacial score (nSPS) is 22.8. The van der Waals surface area contributed by atoms with Gasteiger partial charge in [0, 0.05) is 13.1 Å². The molecule has 60 valence electrons. The Labute approximate surface area is 57.0 Å². The molecule has 3 nitrogen and oxygen atoms in total. The second-order valence-electron chi connectivity index (χ2n) is 2.40. The molecular formula is C5H9F2NO2. The highest BCUT2D eigenvalue weighted by Crippen LogP contribution is 2.11. The Morgan fingerprint density at radius 3 is 2.50 bits per heavy atom. The maximum absolute atomic E-state index is 11.4. The Balaban J connectivity index is 2.12. The summed E-state index contributed by atoms with van der Waals surface area (Å²) >= 11 is 0. The fraction of sp³-hybridized carbons (Fsp3) is 1.00. The summed E-state index contributed by atoms with van der Waals surface area (Å²) in [5, 5.41) is 11.9. The second kappa shape index (κ2) is 2.77. The molecule has 0 radical (unpaired) electrons. The van der Waals surface area contributed by atoms with E-state index in [0.29, 0.717) is 13.1 Å². The summed E-state index contributed by atoms with van der Waals surface area (Å²) in [5.41, 5.74) is -1.06. The monoisotopic (exact) mass is 153 g/mol. The van der Waals surface area contributed by atoms with Gasteiger partial charge in [-0.1, -0.05) is 0 Å². The van der Waals surface area contributed by atoms with Gasteiger partial charge in [0.15, 0.2) is 0 Å². The summed E-state index contributed by atoms with van der Waals surface area (Å²) in [4.78, 5) is 0. The Kier molecular flexibility index (Phi) is 2.18. The van der Waals surface area contributed by atoms with E-state index < -0.39 is 12.2 Å². The Hall–Kier alpha value is -0.260. The molecule has 1 fully saturated rings. The van der Waals surface area contributed by atoms with E-state index in [1.165, 1.54) is 0 Å². The number of hydrogen-bond donors (Lipinski definition) is 2. The first kappa shape index (κ1) is 7.84. The highest BCUT2D eigenvalue weighted by molar-refractivity contribution is 4.92. The Bertz CT molecular complexity index is 116. The van der Waals surface area contributed by atoms with Crippen molar-refractivity contribution in [2.45, 2.75) is 12.2 Å². The second-order valence-corrected chi connectivity index (χ2v) is 2.40. The van der Waals surface area contributed by atoms with Crippen LogP contribution in [0.5, 0.6) is 0 Å².